The van der Waals surface area contributed by atoms with E-state index in [2.05, 4.69) is 10.2 Å². The van der Waals surface area contributed by atoms with Crippen molar-refractivity contribution >= 4 is 18.1 Å². The molecule has 5 nitrogen and oxygen atoms in total. The molecule has 1 aromatic rings. The Kier molecular flexibility index (Phi) is 3.28. The van der Waals surface area contributed by atoms with Crippen LogP contribution < -0.4 is 5.73 Å². The van der Waals surface area contributed by atoms with E-state index in [-0.39, 0.29) is 5.91 Å². The highest BCUT2D eigenvalue weighted by Gasteiger charge is 2.26. The fourth-order valence-corrected chi connectivity index (χ4v) is 1.47. The van der Waals surface area contributed by atoms with E-state index in [0.29, 0.717) is 11.3 Å². The first-order valence-corrected chi connectivity index (χ1v) is 5.23. The third kappa shape index (κ3) is 2.44. The third-order valence-corrected chi connectivity index (χ3v) is 2.69. The third-order valence-electron chi connectivity index (χ3n) is 2.37. The van der Waals surface area contributed by atoms with E-state index in [0.717, 1.165) is 12.2 Å². The van der Waals surface area contributed by atoms with Gasteiger partial charge in [0.05, 0.1) is 5.41 Å². The van der Waals surface area contributed by atoms with Crippen LogP contribution in [0.25, 0.3) is 0 Å². The monoisotopic (exact) mass is 228 g/mol. The predicted octanol–water partition coefficient (Wildman–Crippen LogP) is 1.01. The fourth-order valence-electron chi connectivity index (χ4n) is 1.26. The van der Waals surface area contributed by atoms with Gasteiger partial charge in [0.2, 0.25) is 5.91 Å². The summed E-state index contributed by atoms with van der Waals surface area (Å²) in [4.78, 5) is 11.2. The average Bonchev–Trinajstić information content (AvgIpc) is 2.47. The number of nitrogens with zero attached hydrogens (tertiary/aromatic N) is 2. The molecule has 0 spiro atoms. The molecule has 0 bridgehead atoms. The van der Waals surface area contributed by atoms with E-state index in [4.69, 9.17) is 18.0 Å². The van der Waals surface area contributed by atoms with E-state index in [1.807, 2.05) is 11.5 Å². The van der Waals surface area contributed by atoms with Gasteiger partial charge < -0.3 is 10.3 Å². The normalized spacial score (nSPS) is 11.7. The van der Waals surface area contributed by atoms with Gasteiger partial charge in [-0.15, -0.1) is 0 Å². The van der Waals surface area contributed by atoms with Gasteiger partial charge in [0, 0.05) is 13.0 Å². The van der Waals surface area contributed by atoms with Crippen LogP contribution in [-0.2, 0) is 17.8 Å². The summed E-state index contributed by atoms with van der Waals surface area (Å²) in [5, 5.41) is 6.78. The smallest absolute Gasteiger partial charge is 0.224 e. The number of aromatic amines is 1. The maximum absolute atomic E-state index is 11.2. The zero-order valence-corrected chi connectivity index (χ0v) is 10.0. The minimum absolute atomic E-state index is 0.340. The summed E-state index contributed by atoms with van der Waals surface area (Å²) in [5.74, 6) is 0.502. The van der Waals surface area contributed by atoms with Crippen molar-refractivity contribution in [3.63, 3.8) is 0 Å². The number of primary amides is 1. The largest absolute Gasteiger partial charge is 0.369 e. The van der Waals surface area contributed by atoms with Crippen LogP contribution >= 0.6 is 12.2 Å². The highest BCUT2D eigenvalue weighted by Crippen LogP contribution is 2.18. The Balaban J connectivity index is 3.03. The van der Waals surface area contributed by atoms with Crippen molar-refractivity contribution in [3.8, 4) is 0 Å². The van der Waals surface area contributed by atoms with Crippen LogP contribution in [0.3, 0.4) is 0 Å². The summed E-state index contributed by atoms with van der Waals surface area (Å²) in [7, 11) is 0. The Labute approximate surface area is 93.7 Å². The van der Waals surface area contributed by atoms with Gasteiger partial charge in [-0.25, -0.2) is 0 Å². The number of nitrogens with two attached hydrogens (primary N) is 1. The number of nitrogens with one attached hydrogen (secondary N) is 1. The van der Waals surface area contributed by atoms with Gasteiger partial charge in [-0.05, 0) is 26.1 Å². The number of carbonyl (C=O) groups is 1. The van der Waals surface area contributed by atoms with Gasteiger partial charge in [-0.3, -0.25) is 9.89 Å². The molecule has 1 amide bonds. The van der Waals surface area contributed by atoms with Gasteiger partial charge in [0.15, 0.2) is 4.77 Å². The number of hydrogen-bond donors (Lipinski definition) is 2. The lowest BCUT2D eigenvalue weighted by molar-refractivity contribution is -0.126. The van der Waals surface area contributed by atoms with Crippen molar-refractivity contribution in [1.82, 2.24) is 14.8 Å². The van der Waals surface area contributed by atoms with Crippen LogP contribution in [0.5, 0.6) is 0 Å². The number of aromatic nitrogens is 3. The highest BCUT2D eigenvalue weighted by molar-refractivity contribution is 7.71. The maximum Gasteiger partial charge on any atom is 0.224 e. The second-order valence-electron chi connectivity index (χ2n) is 4.13. The molecule has 0 saturated carbocycles. The van der Waals surface area contributed by atoms with Crippen molar-refractivity contribution in [2.75, 3.05) is 0 Å². The van der Waals surface area contributed by atoms with Gasteiger partial charge in [-0.1, -0.05) is 6.92 Å². The molecule has 6 heteroatoms. The first kappa shape index (κ1) is 11.9. The van der Waals surface area contributed by atoms with Crippen LogP contribution in [0.2, 0.25) is 0 Å². The number of carbonyl (C=O) groups excluding carboxylic acids is 1. The summed E-state index contributed by atoms with van der Waals surface area (Å²) in [6, 6.07) is 0. The fraction of sp³-hybridized carbons (Fsp3) is 0.667. The first-order valence-electron chi connectivity index (χ1n) is 4.82. The molecule has 15 heavy (non-hydrogen) atoms. The minimum atomic E-state index is -0.619. The zero-order chi connectivity index (χ0) is 11.6. The molecule has 0 aliphatic carbocycles. The topological polar surface area (TPSA) is 76.7 Å². The van der Waals surface area contributed by atoms with Crippen LogP contribution in [0, 0.1) is 10.2 Å². The minimum Gasteiger partial charge on any atom is -0.369 e. The zero-order valence-electron chi connectivity index (χ0n) is 9.20. The van der Waals surface area contributed by atoms with Crippen LogP contribution in [0.15, 0.2) is 0 Å². The van der Waals surface area contributed by atoms with E-state index < -0.39 is 5.41 Å². The molecule has 0 aromatic carbocycles. The van der Waals surface area contributed by atoms with Crippen LogP contribution in [-0.4, -0.2) is 20.7 Å². The molecule has 0 atom stereocenters. The van der Waals surface area contributed by atoms with E-state index in [1.165, 1.54) is 0 Å². The molecular weight excluding hydrogens is 212 g/mol. The van der Waals surface area contributed by atoms with E-state index >= 15 is 0 Å². The molecule has 0 fully saturated rings. The standard InChI is InChI=1S/C9H16N4OS/c1-4-6-11-12-8(15)13(6)5-9(2,3)7(10)14/h4-5H2,1-3H3,(H2,10,14)(H,12,15). The second-order valence-corrected chi connectivity index (χ2v) is 4.52. The van der Waals surface area contributed by atoms with Crippen molar-refractivity contribution in [2.45, 2.75) is 33.7 Å². The van der Waals surface area contributed by atoms with Crippen molar-refractivity contribution in [3.05, 3.63) is 10.6 Å². The molecule has 1 aromatic heterocycles. The molecule has 0 saturated heterocycles. The van der Waals surface area contributed by atoms with E-state index in [9.17, 15) is 4.79 Å². The molecule has 3 N–H and O–H groups in total. The second kappa shape index (κ2) is 4.14. The van der Waals surface area contributed by atoms with Crippen LogP contribution in [0.4, 0.5) is 0 Å². The van der Waals surface area contributed by atoms with Gasteiger partial charge in [-0.2, -0.15) is 5.10 Å². The van der Waals surface area contributed by atoms with Gasteiger partial charge in [0.1, 0.15) is 5.82 Å². The first-order chi connectivity index (χ1) is 6.88. The number of rotatable bonds is 4. The number of amides is 1. The number of H-pyrrole nitrogens is 1. The maximum atomic E-state index is 11.2. The molecule has 0 radical (unpaired) electrons. The Morgan fingerprint density at radius 3 is 2.73 bits per heavy atom. The van der Waals surface area contributed by atoms with E-state index in [1.54, 1.807) is 13.8 Å². The Morgan fingerprint density at radius 2 is 2.27 bits per heavy atom. The Bertz CT molecular complexity index is 418. The van der Waals surface area contributed by atoms with Gasteiger partial charge in [0.25, 0.3) is 0 Å². The van der Waals surface area contributed by atoms with Crippen molar-refractivity contribution in [2.24, 2.45) is 11.1 Å². The molecule has 84 valence electrons. The van der Waals surface area contributed by atoms with Gasteiger partial charge >= 0.3 is 0 Å². The Morgan fingerprint density at radius 1 is 1.67 bits per heavy atom. The summed E-state index contributed by atoms with van der Waals surface area (Å²) in [5.41, 5.74) is 4.69. The molecule has 1 heterocycles. The Hall–Kier alpha value is -1.17. The number of aryl methyl sites for hydroxylation is 1. The predicted molar refractivity (Wildman–Crippen MR) is 59.8 cm³/mol. The quantitative estimate of drug-likeness (QED) is 0.755. The average molecular weight is 228 g/mol. The van der Waals surface area contributed by atoms with Crippen LogP contribution in [0.1, 0.15) is 26.6 Å². The molecular formula is C9H16N4OS. The lowest BCUT2D eigenvalue weighted by Gasteiger charge is -2.21. The summed E-state index contributed by atoms with van der Waals surface area (Å²) in [6.45, 7) is 6.03. The molecule has 0 aliphatic heterocycles. The molecule has 0 unspecified atom stereocenters. The SMILES string of the molecule is CCc1n[nH]c(=S)n1CC(C)(C)C(N)=O. The lowest BCUT2D eigenvalue weighted by Crippen LogP contribution is -2.35. The summed E-state index contributed by atoms with van der Waals surface area (Å²) in [6.07, 6.45) is 0.766. The summed E-state index contributed by atoms with van der Waals surface area (Å²) < 4.78 is 2.35. The highest BCUT2D eigenvalue weighted by atomic mass is 32.1. The molecule has 1 rings (SSSR count). The molecule has 0 aliphatic rings. The van der Waals surface area contributed by atoms with Crippen molar-refractivity contribution < 1.29 is 4.79 Å². The number of hydrogen-bond acceptors (Lipinski definition) is 3. The lowest BCUT2D eigenvalue weighted by atomic mass is 9.92. The summed E-state index contributed by atoms with van der Waals surface area (Å²) >= 11 is 5.09. The van der Waals surface area contributed by atoms with Crippen molar-refractivity contribution in [1.29, 1.82) is 0 Å².